The van der Waals surface area contributed by atoms with Gasteiger partial charge in [-0.05, 0) is 87.8 Å². The summed E-state index contributed by atoms with van der Waals surface area (Å²) in [7, 11) is 0. The van der Waals surface area contributed by atoms with Crippen LogP contribution in [0.1, 0.15) is 107 Å². The van der Waals surface area contributed by atoms with Crippen molar-refractivity contribution in [2.75, 3.05) is 6.54 Å². The van der Waals surface area contributed by atoms with Gasteiger partial charge < -0.3 is 30.4 Å². The van der Waals surface area contributed by atoms with E-state index in [1.165, 1.54) is 23.2 Å². The number of unbranched alkanes of at least 4 members (excludes halogenated alkanes) is 1. The molecule has 17 heteroatoms. The minimum Gasteiger partial charge on any atom is -0.506 e. The van der Waals surface area contributed by atoms with Crippen LogP contribution in [0.15, 0.2) is 47.0 Å². The number of carbonyl (C=O) groups is 5. The summed E-state index contributed by atoms with van der Waals surface area (Å²) in [4.78, 5) is 71.9. The highest BCUT2D eigenvalue weighted by molar-refractivity contribution is 6.00. The topological polar surface area (TPSA) is 197 Å². The van der Waals surface area contributed by atoms with Crippen LogP contribution in [0.4, 0.5) is 13.2 Å². The Kier molecular flexibility index (Phi) is 13.8. The number of nitrogens with zero attached hydrogens (tertiary/aromatic N) is 4. The molecule has 55 heavy (non-hydrogen) atoms. The van der Waals surface area contributed by atoms with Gasteiger partial charge in [-0.2, -0.15) is 13.2 Å². The van der Waals surface area contributed by atoms with Crippen molar-refractivity contribution in [3.05, 3.63) is 59.7 Å². The van der Waals surface area contributed by atoms with Crippen LogP contribution in [0.2, 0.25) is 0 Å². The first-order valence-electron chi connectivity index (χ1n) is 18.2. The number of Topliss-reactive ketones (excluding diaryl/α,β-unsaturated/α-hetero) is 1. The number of hydrogen-bond acceptors (Lipinski definition) is 10. The van der Waals surface area contributed by atoms with Crippen LogP contribution in [0.5, 0.6) is 5.75 Å². The smallest absolute Gasteiger partial charge is 0.416 e. The average molecular weight is 772 g/mol. The van der Waals surface area contributed by atoms with Crippen LogP contribution in [-0.2, 0) is 20.6 Å². The fraction of sp³-hybridized carbons (Fsp3) is 0.526. The van der Waals surface area contributed by atoms with E-state index < -0.39 is 64.8 Å². The van der Waals surface area contributed by atoms with Crippen molar-refractivity contribution in [2.24, 2.45) is 11.8 Å². The molecule has 4 amide bonds. The molecule has 1 fully saturated rings. The first kappa shape index (κ1) is 42.4. The second-order valence-electron chi connectivity index (χ2n) is 15.0. The summed E-state index contributed by atoms with van der Waals surface area (Å²) in [5.74, 6) is -3.79. The number of nitrogens with one attached hydrogen (secondary N) is 3. The normalized spacial score (nSPS) is 15.8. The van der Waals surface area contributed by atoms with E-state index in [1.54, 1.807) is 27.7 Å². The summed E-state index contributed by atoms with van der Waals surface area (Å²) in [6.07, 6.45) is -0.680. The molecular formula is C38H48F3N7O7. The molecule has 0 spiro atoms. The molecule has 14 nitrogen and oxygen atoms in total. The van der Waals surface area contributed by atoms with Crippen molar-refractivity contribution in [2.45, 2.75) is 110 Å². The van der Waals surface area contributed by atoms with Gasteiger partial charge in [-0.3, -0.25) is 24.0 Å². The van der Waals surface area contributed by atoms with Gasteiger partial charge in [0, 0.05) is 24.1 Å². The molecule has 0 bridgehead atoms. The fourth-order valence-corrected chi connectivity index (χ4v) is 6.21. The van der Waals surface area contributed by atoms with Crippen LogP contribution >= 0.6 is 0 Å². The van der Waals surface area contributed by atoms with E-state index in [0.29, 0.717) is 32.1 Å². The third-order valence-corrected chi connectivity index (χ3v) is 9.32. The van der Waals surface area contributed by atoms with Crippen molar-refractivity contribution in [3.63, 3.8) is 0 Å². The first-order valence-corrected chi connectivity index (χ1v) is 18.2. The number of carbonyl (C=O) groups excluding carboxylic acids is 5. The maximum atomic E-state index is 13.8. The second kappa shape index (κ2) is 17.9. The van der Waals surface area contributed by atoms with Gasteiger partial charge in [-0.1, -0.05) is 34.1 Å². The summed E-state index contributed by atoms with van der Waals surface area (Å²) < 4.78 is 44.4. The predicted molar refractivity (Wildman–Crippen MR) is 193 cm³/mol. The zero-order valence-corrected chi connectivity index (χ0v) is 31.7. The third kappa shape index (κ3) is 11.3. The monoisotopic (exact) mass is 771 g/mol. The maximum absolute atomic E-state index is 13.8. The number of alkyl halides is 3. The first-order chi connectivity index (χ1) is 25.8. The number of aromatic nitrogens is 3. The van der Waals surface area contributed by atoms with Crippen molar-refractivity contribution in [1.29, 1.82) is 0 Å². The Hall–Kier alpha value is -5.35. The zero-order valence-electron chi connectivity index (χ0n) is 31.7. The van der Waals surface area contributed by atoms with Gasteiger partial charge in [0.2, 0.25) is 29.4 Å². The van der Waals surface area contributed by atoms with Crippen molar-refractivity contribution < 1.29 is 46.7 Å². The lowest BCUT2D eigenvalue weighted by atomic mass is 9.96. The van der Waals surface area contributed by atoms with Gasteiger partial charge >= 0.3 is 6.18 Å². The molecule has 3 aromatic rings. The summed E-state index contributed by atoms with van der Waals surface area (Å²) in [6.45, 7) is 11.0. The Morgan fingerprint density at radius 3 is 2.20 bits per heavy atom. The Morgan fingerprint density at radius 2 is 1.60 bits per heavy atom. The van der Waals surface area contributed by atoms with Gasteiger partial charge in [0.15, 0.2) is 0 Å². The Bertz CT molecular complexity index is 1830. The lowest BCUT2D eigenvalue weighted by Gasteiger charge is -2.31. The van der Waals surface area contributed by atoms with Gasteiger partial charge in [-0.25, -0.2) is 4.98 Å². The minimum absolute atomic E-state index is 0.0480. The quantitative estimate of drug-likeness (QED) is 0.113. The molecule has 0 unspecified atom stereocenters. The minimum atomic E-state index is -4.53. The van der Waals surface area contributed by atoms with Gasteiger partial charge in [-0.15, -0.1) is 10.2 Å². The summed E-state index contributed by atoms with van der Waals surface area (Å²) in [5.41, 5.74) is -1.12. The number of amides is 4. The number of aromatic hydroxyl groups is 1. The molecule has 298 valence electrons. The van der Waals surface area contributed by atoms with E-state index in [2.05, 4.69) is 31.1 Å². The molecule has 2 aromatic heterocycles. The summed E-state index contributed by atoms with van der Waals surface area (Å²) in [5, 5.41) is 25.5. The van der Waals surface area contributed by atoms with Gasteiger partial charge in [0.25, 0.3) is 11.8 Å². The molecule has 1 aliphatic heterocycles. The molecule has 1 aliphatic rings. The Morgan fingerprint density at radius 1 is 0.927 bits per heavy atom. The standard InChI is InChI=1S/C38H48F3N7O7/c1-21(2)29(31(51)35-47-46-34(55-35)23-12-14-24(15-13-23)38(39,40)41)44-33(53)27-10-9-19-48(27)36(54)30(22(3)4)43-28(50)11-7-8-18-37(5,6)45-32(52)26-17-16-25(49)20-42-26/h12-17,20-22,27,29-30,49H,7-11,18-19H2,1-6H3,(H,43,50)(H,44,53)(H,45,52)/t27-,29+,30+/m1/s1. The van der Waals surface area contributed by atoms with Crippen LogP contribution in [0.25, 0.3) is 11.5 Å². The fourth-order valence-electron chi connectivity index (χ4n) is 6.21. The number of pyridine rings is 1. The molecule has 0 aliphatic carbocycles. The SMILES string of the molecule is CC(C)[C@H](NC(=O)[C@H]1CCCN1C(=O)[C@@H](NC(=O)CCCCC(C)(C)NC(=O)c1ccc(O)cn1)C(C)C)C(=O)c1nnc(-c2ccc(C(F)(F)F)cc2)o1. The largest absolute Gasteiger partial charge is 0.506 e. The summed E-state index contributed by atoms with van der Waals surface area (Å²) in [6, 6.07) is 3.88. The lowest BCUT2D eigenvalue weighted by Crippen LogP contribution is -2.57. The number of ketones is 1. The second-order valence-corrected chi connectivity index (χ2v) is 15.0. The molecule has 1 saturated heterocycles. The highest BCUT2D eigenvalue weighted by Crippen LogP contribution is 2.31. The number of hydrogen-bond donors (Lipinski definition) is 4. The highest BCUT2D eigenvalue weighted by atomic mass is 19.4. The predicted octanol–water partition coefficient (Wildman–Crippen LogP) is 5.08. The van der Waals surface area contributed by atoms with Crippen molar-refractivity contribution >= 4 is 29.4 Å². The number of halogens is 3. The van der Waals surface area contributed by atoms with E-state index in [0.717, 1.165) is 24.3 Å². The molecule has 4 rings (SSSR count). The lowest BCUT2D eigenvalue weighted by molar-refractivity contribution is -0.142. The van der Waals surface area contributed by atoms with Gasteiger partial charge in [0.05, 0.1) is 17.8 Å². The van der Waals surface area contributed by atoms with Crippen LogP contribution in [-0.4, -0.2) is 84.8 Å². The number of likely N-dealkylation sites (tertiary alicyclic amines) is 1. The molecule has 0 radical (unpaired) electrons. The van der Waals surface area contributed by atoms with E-state index in [-0.39, 0.29) is 53.6 Å². The molecule has 0 saturated carbocycles. The molecule has 3 atom stereocenters. The molecule has 4 N–H and O–H groups in total. The van der Waals surface area contributed by atoms with Crippen molar-refractivity contribution in [3.8, 4) is 17.2 Å². The molecular weight excluding hydrogens is 723 g/mol. The Balaban J connectivity index is 1.32. The van der Waals surface area contributed by atoms with E-state index in [4.69, 9.17) is 4.42 Å². The van der Waals surface area contributed by atoms with Crippen molar-refractivity contribution in [1.82, 2.24) is 36.0 Å². The van der Waals surface area contributed by atoms with E-state index in [9.17, 15) is 42.3 Å². The van der Waals surface area contributed by atoms with Crippen LogP contribution in [0, 0.1) is 11.8 Å². The summed E-state index contributed by atoms with van der Waals surface area (Å²) >= 11 is 0. The average Bonchev–Trinajstić information content (AvgIpc) is 3.82. The maximum Gasteiger partial charge on any atom is 0.416 e. The molecule has 3 heterocycles. The van der Waals surface area contributed by atoms with Gasteiger partial charge in [0.1, 0.15) is 23.5 Å². The van der Waals surface area contributed by atoms with Crippen LogP contribution < -0.4 is 16.0 Å². The number of rotatable bonds is 16. The van der Waals surface area contributed by atoms with E-state index >= 15 is 0 Å². The zero-order chi connectivity index (χ0) is 40.7. The Labute approximate surface area is 317 Å². The van der Waals surface area contributed by atoms with E-state index in [1.807, 2.05) is 13.8 Å². The highest BCUT2D eigenvalue weighted by Gasteiger charge is 2.41. The van der Waals surface area contributed by atoms with Crippen LogP contribution in [0.3, 0.4) is 0 Å². The number of benzene rings is 1. The third-order valence-electron chi connectivity index (χ3n) is 9.32. The molecule has 1 aromatic carbocycles.